The molecule has 8 heteroatoms. The summed E-state index contributed by atoms with van der Waals surface area (Å²) in [6, 6.07) is 3.20. The highest BCUT2D eigenvalue weighted by Gasteiger charge is 2.20. The highest BCUT2D eigenvalue weighted by molar-refractivity contribution is 6.36. The van der Waals surface area contributed by atoms with Gasteiger partial charge in [-0.1, -0.05) is 44.0 Å². The second kappa shape index (κ2) is 8.18. The average Bonchev–Trinajstić information content (AvgIpc) is 2.53. The molecule has 0 aromatic carbocycles. The molecule has 1 unspecified atom stereocenters. The largest absolute Gasteiger partial charge is 0.358 e. The molecule has 6 nitrogen and oxygen atoms in total. The fourth-order valence-corrected chi connectivity index (χ4v) is 2.81. The van der Waals surface area contributed by atoms with Crippen molar-refractivity contribution in [2.75, 3.05) is 18.5 Å². The van der Waals surface area contributed by atoms with Gasteiger partial charge in [0, 0.05) is 37.4 Å². The van der Waals surface area contributed by atoms with Crippen LogP contribution >= 0.6 is 23.2 Å². The molecular formula is C18H23Cl2N5O. The van der Waals surface area contributed by atoms with Crippen LogP contribution in [-0.4, -0.2) is 40.5 Å². The molecule has 2 aromatic rings. The molecule has 0 saturated heterocycles. The maximum absolute atomic E-state index is 12.3. The van der Waals surface area contributed by atoms with E-state index in [1.54, 1.807) is 6.20 Å². The van der Waals surface area contributed by atoms with Gasteiger partial charge >= 0.3 is 0 Å². The second-order valence-electron chi connectivity index (χ2n) is 7.23. The molecule has 2 heterocycles. The standard InChI is InChI=1S/C18H23Cl2N5O/c1-11(23-16(26)15-13(20)8-12(19)9-22-15)10-25(5)14-6-7-21-17(24-14)18(2,3)4/h6-9,11H,10H2,1-5H3,(H,23,26). The fraction of sp³-hybridized carbons (Fsp3) is 0.444. The quantitative estimate of drug-likeness (QED) is 0.834. The SMILES string of the molecule is CC(CN(C)c1ccnc(C(C)(C)C)n1)NC(=O)c1ncc(Cl)cc1Cl. The molecule has 2 rings (SSSR count). The number of anilines is 1. The van der Waals surface area contributed by atoms with Crippen molar-refractivity contribution in [1.29, 1.82) is 0 Å². The Balaban J connectivity index is 2.03. The topological polar surface area (TPSA) is 71.0 Å². The Hall–Kier alpha value is -1.92. The lowest BCUT2D eigenvalue weighted by molar-refractivity contribution is 0.0936. The van der Waals surface area contributed by atoms with E-state index in [4.69, 9.17) is 23.2 Å². The van der Waals surface area contributed by atoms with Gasteiger partial charge in [-0.2, -0.15) is 0 Å². The number of likely N-dealkylation sites (N-methyl/N-ethyl adjacent to an activating group) is 1. The van der Waals surface area contributed by atoms with Crippen LogP contribution in [0.1, 0.15) is 44.0 Å². The molecule has 26 heavy (non-hydrogen) atoms. The first-order valence-corrected chi connectivity index (χ1v) is 9.00. The molecule has 2 aromatic heterocycles. The summed E-state index contributed by atoms with van der Waals surface area (Å²) >= 11 is 11.8. The van der Waals surface area contributed by atoms with Crippen molar-refractivity contribution in [1.82, 2.24) is 20.3 Å². The molecule has 1 amide bonds. The van der Waals surface area contributed by atoms with Crippen molar-refractivity contribution in [3.8, 4) is 0 Å². The number of carbonyl (C=O) groups is 1. The third-order valence-electron chi connectivity index (χ3n) is 3.65. The lowest BCUT2D eigenvalue weighted by atomic mass is 9.96. The highest BCUT2D eigenvalue weighted by atomic mass is 35.5. The summed E-state index contributed by atoms with van der Waals surface area (Å²) in [5.74, 6) is 1.23. The van der Waals surface area contributed by atoms with Gasteiger partial charge < -0.3 is 10.2 Å². The molecule has 0 spiro atoms. The van der Waals surface area contributed by atoms with Crippen LogP contribution in [0.5, 0.6) is 0 Å². The summed E-state index contributed by atoms with van der Waals surface area (Å²) in [6.45, 7) is 8.68. The minimum atomic E-state index is -0.342. The summed E-state index contributed by atoms with van der Waals surface area (Å²) in [4.78, 5) is 27.3. The lowest BCUT2D eigenvalue weighted by Gasteiger charge is -2.25. The van der Waals surface area contributed by atoms with Gasteiger partial charge in [0.05, 0.1) is 10.0 Å². The first kappa shape index (κ1) is 20.4. The minimum absolute atomic E-state index is 0.131. The number of nitrogens with one attached hydrogen (secondary N) is 1. The summed E-state index contributed by atoms with van der Waals surface area (Å²) in [5, 5.41) is 3.50. The third kappa shape index (κ3) is 5.29. The van der Waals surface area contributed by atoms with E-state index in [1.807, 2.05) is 24.9 Å². The van der Waals surface area contributed by atoms with E-state index in [9.17, 15) is 4.79 Å². The van der Waals surface area contributed by atoms with Crippen molar-refractivity contribution in [3.05, 3.63) is 46.1 Å². The van der Waals surface area contributed by atoms with E-state index >= 15 is 0 Å². The second-order valence-corrected chi connectivity index (χ2v) is 8.07. The monoisotopic (exact) mass is 395 g/mol. The summed E-state index contributed by atoms with van der Waals surface area (Å²) in [6.07, 6.45) is 3.15. The molecule has 0 aliphatic heterocycles. The zero-order chi connectivity index (χ0) is 19.5. The molecule has 0 radical (unpaired) electrons. The van der Waals surface area contributed by atoms with E-state index in [0.717, 1.165) is 11.6 Å². The molecular weight excluding hydrogens is 373 g/mol. The van der Waals surface area contributed by atoms with Gasteiger partial charge in [-0.05, 0) is 19.1 Å². The summed E-state index contributed by atoms with van der Waals surface area (Å²) in [5.41, 5.74) is 0.0239. The number of pyridine rings is 1. The Morgan fingerprint density at radius 1 is 1.31 bits per heavy atom. The Kier molecular flexibility index (Phi) is 6.42. The van der Waals surface area contributed by atoms with E-state index < -0.39 is 0 Å². The Morgan fingerprint density at radius 3 is 2.62 bits per heavy atom. The highest BCUT2D eigenvalue weighted by Crippen LogP contribution is 2.20. The van der Waals surface area contributed by atoms with Crippen LogP contribution in [0.25, 0.3) is 0 Å². The molecule has 0 aliphatic carbocycles. The zero-order valence-electron chi connectivity index (χ0n) is 15.5. The summed E-state index contributed by atoms with van der Waals surface area (Å²) in [7, 11) is 1.92. The Bertz CT molecular complexity index is 791. The average molecular weight is 396 g/mol. The van der Waals surface area contributed by atoms with E-state index in [2.05, 4.69) is 41.0 Å². The van der Waals surface area contributed by atoms with Crippen molar-refractivity contribution in [2.45, 2.75) is 39.2 Å². The van der Waals surface area contributed by atoms with Gasteiger partial charge in [0.15, 0.2) is 0 Å². The van der Waals surface area contributed by atoms with Crippen LogP contribution < -0.4 is 10.2 Å². The predicted molar refractivity (Wildman–Crippen MR) is 105 cm³/mol. The molecule has 0 bridgehead atoms. The number of halogens is 2. The van der Waals surface area contributed by atoms with Gasteiger partial charge in [-0.25, -0.2) is 15.0 Å². The molecule has 140 valence electrons. The van der Waals surface area contributed by atoms with Crippen molar-refractivity contribution >= 4 is 34.9 Å². The number of nitrogens with zero attached hydrogens (tertiary/aromatic N) is 4. The van der Waals surface area contributed by atoms with Gasteiger partial charge in [0.2, 0.25) is 0 Å². The van der Waals surface area contributed by atoms with Crippen molar-refractivity contribution in [3.63, 3.8) is 0 Å². The maximum Gasteiger partial charge on any atom is 0.271 e. The van der Waals surface area contributed by atoms with Crippen LogP contribution in [0, 0.1) is 0 Å². The number of hydrogen-bond donors (Lipinski definition) is 1. The van der Waals surface area contributed by atoms with Crippen molar-refractivity contribution in [2.24, 2.45) is 0 Å². The van der Waals surface area contributed by atoms with Crippen LogP contribution in [0.15, 0.2) is 24.5 Å². The predicted octanol–water partition coefficient (Wildman–Crippen LogP) is 3.73. The molecule has 0 aliphatic rings. The molecule has 1 N–H and O–H groups in total. The third-order valence-corrected chi connectivity index (χ3v) is 4.15. The maximum atomic E-state index is 12.3. The molecule has 0 fully saturated rings. The number of carbonyl (C=O) groups excluding carboxylic acids is 1. The van der Waals surface area contributed by atoms with E-state index in [-0.39, 0.29) is 28.1 Å². The number of amides is 1. The fourth-order valence-electron chi connectivity index (χ4n) is 2.35. The lowest BCUT2D eigenvalue weighted by Crippen LogP contribution is -2.41. The van der Waals surface area contributed by atoms with Crippen molar-refractivity contribution < 1.29 is 4.79 Å². The number of rotatable bonds is 5. The first-order valence-electron chi connectivity index (χ1n) is 8.24. The van der Waals surface area contributed by atoms with Gasteiger partial charge in [-0.3, -0.25) is 4.79 Å². The van der Waals surface area contributed by atoms with E-state index in [0.29, 0.717) is 11.6 Å². The number of aromatic nitrogens is 3. The Morgan fingerprint density at radius 2 is 2.00 bits per heavy atom. The first-order chi connectivity index (χ1) is 12.1. The smallest absolute Gasteiger partial charge is 0.271 e. The van der Waals surface area contributed by atoms with Gasteiger partial charge in [-0.15, -0.1) is 0 Å². The van der Waals surface area contributed by atoms with Crippen LogP contribution in [0.2, 0.25) is 10.0 Å². The van der Waals surface area contributed by atoms with Crippen LogP contribution in [0.3, 0.4) is 0 Å². The van der Waals surface area contributed by atoms with Crippen LogP contribution in [0.4, 0.5) is 5.82 Å². The van der Waals surface area contributed by atoms with Gasteiger partial charge in [0.1, 0.15) is 17.3 Å². The normalized spacial score (nSPS) is 12.6. The van der Waals surface area contributed by atoms with Crippen LogP contribution in [-0.2, 0) is 5.41 Å². The number of hydrogen-bond acceptors (Lipinski definition) is 5. The summed E-state index contributed by atoms with van der Waals surface area (Å²) < 4.78 is 0. The van der Waals surface area contributed by atoms with Gasteiger partial charge in [0.25, 0.3) is 5.91 Å². The minimum Gasteiger partial charge on any atom is -0.358 e. The molecule has 0 saturated carbocycles. The van der Waals surface area contributed by atoms with E-state index in [1.165, 1.54) is 12.3 Å². The zero-order valence-corrected chi connectivity index (χ0v) is 17.1. The molecule has 1 atom stereocenters. The Labute approximate surface area is 164 Å².